The van der Waals surface area contributed by atoms with Crippen molar-refractivity contribution in [2.45, 2.75) is 59.0 Å². The van der Waals surface area contributed by atoms with Crippen molar-refractivity contribution in [1.29, 1.82) is 0 Å². The molecule has 0 radical (unpaired) electrons. The summed E-state index contributed by atoms with van der Waals surface area (Å²) in [6.07, 6.45) is 3.37. The van der Waals surface area contributed by atoms with Gasteiger partial charge in [0.15, 0.2) is 0 Å². The predicted octanol–water partition coefficient (Wildman–Crippen LogP) is 5.02. The highest BCUT2D eigenvalue weighted by atomic mass is 79.9. The molecule has 0 heterocycles. The number of hydrogen-bond donors (Lipinski definition) is 2. The predicted molar refractivity (Wildman–Crippen MR) is 85.5 cm³/mol. The van der Waals surface area contributed by atoms with Gasteiger partial charge in [-0.05, 0) is 50.3 Å². The molecule has 2 unspecified atom stereocenters. The van der Waals surface area contributed by atoms with E-state index in [9.17, 15) is 5.11 Å². The minimum atomic E-state index is 0.208. The Labute approximate surface area is 125 Å². The second kappa shape index (κ2) is 7.91. The highest BCUT2D eigenvalue weighted by Crippen LogP contribution is 2.30. The number of benzene rings is 1. The largest absolute Gasteiger partial charge is 0.508 e. The van der Waals surface area contributed by atoms with E-state index in [1.165, 1.54) is 12.8 Å². The molecule has 0 fully saturated rings. The molecule has 0 spiro atoms. The van der Waals surface area contributed by atoms with Crippen molar-refractivity contribution in [1.82, 2.24) is 5.32 Å². The van der Waals surface area contributed by atoms with Crippen LogP contribution in [-0.4, -0.2) is 11.1 Å². The van der Waals surface area contributed by atoms with Crippen molar-refractivity contribution in [2.24, 2.45) is 5.92 Å². The van der Waals surface area contributed by atoms with E-state index in [4.69, 9.17) is 0 Å². The van der Waals surface area contributed by atoms with Crippen molar-refractivity contribution in [2.75, 3.05) is 0 Å². The average molecular weight is 328 g/mol. The first kappa shape index (κ1) is 16.5. The Morgan fingerprint density at radius 2 is 1.89 bits per heavy atom. The molecule has 0 bridgehead atoms. The summed E-state index contributed by atoms with van der Waals surface area (Å²) in [6.45, 7) is 8.88. The quantitative estimate of drug-likeness (QED) is 0.736. The molecule has 0 aliphatic carbocycles. The Bertz CT molecular complexity index is 392. The SMILES string of the molecule is CCC(NC(C)CCC(C)C)c1cc(Br)ccc1O. The molecule has 19 heavy (non-hydrogen) atoms. The van der Waals surface area contributed by atoms with Gasteiger partial charge >= 0.3 is 0 Å². The molecule has 2 nitrogen and oxygen atoms in total. The standard InChI is InChI=1S/C16H26BrNO/c1-5-15(18-12(4)7-6-11(2)3)14-10-13(17)8-9-16(14)19/h8-12,15,18-19H,5-7H2,1-4H3. The second-order valence-electron chi connectivity index (χ2n) is 5.70. The molecule has 0 saturated heterocycles. The van der Waals surface area contributed by atoms with E-state index >= 15 is 0 Å². The van der Waals surface area contributed by atoms with Crippen LogP contribution in [0.3, 0.4) is 0 Å². The van der Waals surface area contributed by atoms with Gasteiger partial charge in [0.25, 0.3) is 0 Å². The van der Waals surface area contributed by atoms with Crippen molar-refractivity contribution >= 4 is 15.9 Å². The van der Waals surface area contributed by atoms with Gasteiger partial charge in [-0.25, -0.2) is 0 Å². The molecule has 108 valence electrons. The minimum absolute atomic E-state index is 0.208. The average Bonchev–Trinajstić information content (AvgIpc) is 2.36. The molecule has 0 aliphatic rings. The van der Waals surface area contributed by atoms with Gasteiger partial charge in [0.05, 0.1) is 0 Å². The van der Waals surface area contributed by atoms with Gasteiger partial charge in [-0.15, -0.1) is 0 Å². The lowest BCUT2D eigenvalue weighted by Gasteiger charge is -2.24. The molecule has 0 saturated carbocycles. The monoisotopic (exact) mass is 327 g/mol. The summed E-state index contributed by atoms with van der Waals surface area (Å²) >= 11 is 3.47. The Kier molecular flexibility index (Phi) is 6.87. The summed E-state index contributed by atoms with van der Waals surface area (Å²) in [5.74, 6) is 1.11. The van der Waals surface area contributed by atoms with Crippen molar-refractivity contribution in [3.63, 3.8) is 0 Å². The Morgan fingerprint density at radius 1 is 1.21 bits per heavy atom. The van der Waals surface area contributed by atoms with Crippen molar-refractivity contribution in [3.05, 3.63) is 28.2 Å². The van der Waals surface area contributed by atoms with Gasteiger partial charge in [0.2, 0.25) is 0 Å². The van der Waals surface area contributed by atoms with E-state index in [0.29, 0.717) is 11.8 Å². The molecular weight excluding hydrogens is 302 g/mol. The number of phenolic OH excluding ortho intramolecular Hbond substituents is 1. The molecule has 0 aromatic heterocycles. The maximum absolute atomic E-state index is 10.0. The normalized spacial score (nSPS) is 14.6. The highest BCUT2D eigenvalue weighted by Gasteiger charge is 2.16. The zero-order valence-corrected chi connectivity index (χ0v) is 14.0. The topological polar surface area (TPSA) is 32.3 Å². The second-order valence-corrected chi connectivity index (χ2v) is 6.62. The van der Waals surface area contributed by atoms with Crippen LogP contribution in [0.5, 0.6) is 5.75 Å². The third-order valence-corrected chi connectivity index (χ3v) is 3.93. The molecule has 1 aromatic carbocycles. The summed E-state index contributed by atoms with van der Waals surface area (Å²) in [7, 11) is 0. The molecule has 1 aromatic rings. The molecule has 1 rings (SSSR count). The van der Waals surface area contributed by atoms with Gasteiger partial charge in [-0.3, -0.25) is 0 Å². The lowest BCUT2D eigenvalue weighted by Crippen LogP contribution is -2.30. The van der Waals surface area contributed by atoms with E-state index in [-0.39, 0.29) is 6.04 Å². The maximum Gasteiger partial charge on any atom is 0.120 e. The van der Waals surface area contributed by atoms with Crippen LogP contribution in [0.2, 0.25) is 0 Å². The van der Waals surface area contributed by atoms with Crippen molar-refractivity contribution < 1.29 is 5.11 Å². The van der Waals surface area contributed by atoms with E-state index in [1.54, 1.807) is 6.07 Å². The first-order valence-electron chi connectivity index (χ1n) is 7.18. The van der Waals surface area contributed by atoms with Crippen LogP contribution in [-0.2, 0) is 0 Å². The number of nitrogens with one attached hydrogen (secondary N) is 1. The molecule has 0 amide bonds. The Hall–Kier alpha value is -0.540. The molecule has 2 N–H and O–H groups in total. The number of phenols is 1. The minimum Gasteiger partial charge on any atom is -0.508 e. The molecule has 0 aliphatic heterocycles. The number of hydrogen-bond acceptors (Lipinski definition) is 2. The lowest BCUT2D eigenvalue weighted by atomic mass is 10.00. The smallest absolute Gasteiger partial charge is 0.120 e. The highest BCUT2D eigenvalue weighted by molar-refractivity contribution is 9.10. The number of aromatic hydroxyl groups is 1. The zero-order valence-electron chi connectivity index (χ0n) is 12.4. The molecule has 3 heteroatoms. The lowest BCUT2D eigenvalue weighted by molar-refractivity contribution is 0.384. The van der Waals surface area contributed by atoms with E-state index in [1.807, 2.05) is 12.1 Å². The van der Waals surface area contributed by atoms with Crippen molar-refractivity contribution in [3.8, 4) is 5.75 Å². The van der Waals surface area contributed by atoms with Gasteiger partial charge in [-0.2, -0.15) is 0 Å². The van der Waals surface area contributed by atoms with Crippen LogP contribution in [0.15, 0.2) is 22.7 Å². The molecule has 2 atom stereocenters. The summed E-state index contributed by atoms with van der Waals surface area (Å²) < 4.78 is 1.01. The van der Waals surface area contributed by atoms with Gasteiger partial charge in [0.1, 0.15) is 5.75 Å². The van der Waals surface area contributed by atoms with Gasteiger partial charge in [0, 0.05) is 22.1 Å². The fourth-order valence-corrected chi connectivity index (χ4v) is 2.62. The van der Waals surface area contributed by atoms with E-state index in [2.05, 4.69) is 48.9 Å². The zero-order chi connectivity index (χ0) is 14.4. The van der Waals surface area contributed by atoms with Crippen LogP contribution in [0.25, 0.3) is 0 Å². The van der Waals surface area contributed by atoms with Gasteiger partial charge in [-0.1, -0.05) is 36.7 Å². The van der Waals surface area contributed by atoms with Crippen LogP contribution in [0.4, 0.5) is 0 Å². The third kappa shape index (κ3) is 5.53. The first-order valence-corrected chi connectivity index (χ1v) is 7.97. The number of rotatable bonds is 7. The maximum atomic E-state index is 10.0. The first-order chi connectivity index (χ1) is 8.93. The van der Waals surface area contributed by atoms with Crippen LogP contribution in [0, 0.1) is 5.92 Å². The summed E-state index contributed by atoms with van der Waals surface area (Å²) in [5.41, 5.74) is 0.980. The fourth-order valence-electron chi connectivity index (χ4n) is 2.24. The van der Waals surface area contributed by atoms with Crippen LogP contribution < -0.4 is 5.32 Å². The summed E-state index contributed by atoms with van der Waals surface area (Å²) in [6, 6.07) is 6.30. The Balaban J connectivity index is 2.69. The van der Waals surface area contributed by atoms with E-state index < -0.39 is 0 Å². The van der Waals surface area contributed by atoms with Gasteiger partial charge < -0.3 is 10.4 Å². The van der Waals surface area contributed by atoms with Crippen LogP contribution >= 0.6 is 15.9 Å². The fraction of sp³-hybridized carbons (Fsp3) is 0.625. The number of halogens is 1. The summed E-state index contributed by atoms with van der Waals surface area (Å²) in [4.78, 5) is 0. The molecular formula is C16H26BrNO. The summed E-state index contributed by atoms with van der Waals surface area (Å²) in [5, 5.41) is 13.6. The van der Waals surface area contributed by atoms with E-state index in [0.717, 1.165) is 22.4 Å². The Morgan fingerprint density at radius 3 is 2.47 bits per heavy atom. The van der Waals surface area contributed by atoms with Crippen LogP contribution in [0.1, 0.15) is 58.6 Å². The third-order valence-electron chi connectivity index (χ3n) is 3.44.